The number of benzene rings is 1. The van der Waals surface area contributed by atoms with Crippen molar-refractivity contribution in [3.63, 3.8) is 0 Å². The quantitative estimate of drug-likeness (QED) is 0.787. The zero-order chi connectivity index (χ0) is 8.23. The second-order valence-electron chi connectivity index (χ2n) is 2.82. The molecule has 0 spiro atoms. The fraction of sp³-hybridized carbons (Fsp3) is 0.0909. The Kier molecular flexibility index (Phi) is 4.90. The number of rotatable bonds is 2. The molecule has 0 nitrogen and oxygen atoms in total. The van der Waals surface area contributed by atoms with E-state index in [-0.39, 0.29) is 17.0 Å². The van der Waals surface area contributed by atoms with Crippen LogP contribution in [0.15, 0.2) is 51.8 Å². The number of allylic oxidation sites excluding steroid dienone is 4. The molecule has 2 rings (SSSR count). The Morgan fingerprint density at radius 1 is 1.08 bits per heavy atom. The fourth-order valence-electron chi connectivity index (χ4n) is 1.25. The van der Waals surface area contributed by atoms with Crippen LogP contribution in [0, 0.1) is 0 Å². The van der Waals surface area contributed by atoms with E-state index in [4.69, 9.17) is 0 Å². The molecular formula is C11H11BrZr. The van der Waals surface area contributed by atoms with Crippen molar-refractivity contribution in [3.8, 4) is 0 Å². The maximum absolute atomic E-state index is 2.29. The summed E-state index contributed by atoms with van der Waals surface area (Å²) in [5.74, 6) is 0. The van der Waals surface area contributed by atoms with Gasteiger partial charge in [-0.3, -0.25) is 0 Å². The first-order chi connectivity index (χ1) is 5.95. The molecule has 0 bridgehead atoms. The standard InChI is InChI=1S/C6H5.C5H5.BrH.Zr/c1-2-4-6-5-3-1;1-2-4-5-3-1;;/h1-5H;1-3H,4H2;1H;. The molecule has 0 fully saturated rings. The molecule has 1 aliphatic rings. The van der Waals surface area contributed by atoms with Crippen molar-refractivity contribution >= 4 is 20.3 Å². The second kappa shape index (κ2) is 5.72. The monoisotopic (exact) mass is 312 g/mol. The van der Waals surface area contributed by atoms with Crippen LogP contribution in [0.1, 0.15) is 6.42 Å². The zero-order valence-electron chi connectivity index (χ0n) is 7.23. The summed E-state index contributed by atoms with van der Waals surface area (Å²) in [5.41, 5.74) is 0. The van der Waals surface area contributed by atoms with Crippen LogP contribution in [0.25, 0.3) is 0 Å². The average Bonchev–Trinajstić information content (AvgIpc) is 2.59. The van der Waals surface area contributed by atoms with Crippen molar-refractivity contribution in [2.45, 2.75) is 6.42 Å². The normalized spacial score (nSPS) is 13.4. The molecule has 0 aromatic heterocycles. The zero-order valence-corrected chi connectivity index (χ0v) is 11.4. The number of hydrogen-bond donors (Lipinski definition) is 0. The summed E-state index contributed by atoms with van der Waals surface area (Å²) in [6.07, 6.45) is 7.93. The van der Waals surface area contributed by atoms with E-state index in [1.54, 1.807) is 6.55 Å². The van der Waals surface area contributed by atoms with E-state index in [0.717, 1.165) is 0 Å². The molecule has 0 radical (unpaired) electrons. The van der Waals surface area contributed by atoms with E-state index < -0.39 is 23.2 Å². The summed E-state index contributed by atoms with van der Waals surface area (Å²) in [4.78, 5) is 0. The van der Waals surface area contributed by atoms with Crippen molar-refractivity contribution < 1.29 is 23.2 Å². The summed E-state index contributed by atoms with van der Waals surface area (Å²) < 4.78 is 3.26. The molecule has 0 atom stereocenters. The molecule has 1 aliphatic carbocycles. The Morgan fingerprint density at radius 3 is 2.46 bits per heavy atom. The molecule has 2 heteroatoms. The predicted molar refractivity (Wildman–Crippen MR) is 58.2 cm³/mol. The van der Waals surface area contributed by atoms with Crippen molar-refractivity contribution in [2.75, 3.05) is 0 Å². The third-order valence-corrected chi connectivity index (χ3v) is 5.08. The van der Waals surface area contributed by atoms with Gasteiger partial charge in [-0.05, 0) is 0 Å². The Balaban J connectivity index is 0.000000845. The summed E-state index contributed by atoms with van der Waals surface area (Å²) in [6.45, 7) is 0. The first-order valence-electron chi connectivity index (χ1n) is 4.13. The first kappa shape index (κ1) is 11.1. The Labute approximate surface area is 101 Å². The van der Waals surface area contributed by atoms with Gasteiger partial charge in [0.1, 0.15) is 0 Å². The maximum atomic E-state index is 2.29. The third-order valence-electron chi connectivity index (χ3n) is 1.85. The summed E-state index contributed by atoms with van der Waals surface area (Å²) in [6, 6.07) is 10.9. The second-order valence-corrected chi connectivity index (χ2v) is 6.43. The van der Waals surface area contributed by atoms with Crippen LogP contribution in [0.3, 0.4) is 0 Å². The molecule has 66 valence electrons. The topological polar surface area (TPSA) is 0 Å². The molecular weight excluding hydrogens is 303 g/mol. The van der Waals surface area contributed by atoms with Gasteiger partial charge in [-0.2, -0.15) is 0 Å². The van der Waals surface area contributed by atoms with E-state index in [0.29, 0.717) is 0 Å². The Bertz CT molecular complexity index is 314. The molecule has 0 aliphatic heterocycles. The molecule has 0 unspecified atom stereocenters. The van der Waals surface area contributed by atoms with Crippen molar-refractivity contribution in [3.05, 3.63) is 51.8 Å². The van der Waals surface area contributed by atoms with E-state index in [1.165, 1.54) is 6.42 Å². The van der Waals surface area contributed by atoms with Gasteiger partial charge in [0.05, 0.1) is 0 Å². The van der Waals surface area contributed by atoms with Gasteiger partial charge in [-0.15, -0.1) is 17.0 Å². The van der Waals surface area contributed by atoms with Gasteiger partial charge in [-0.25, -0.2) is 0 Å². The van der Waals surface area contributed by atoms with E-state index in [9.17, 15) is 0 Å². The van der Waals surface area contributed by atoms with Gasteiger partial charge in [0.15, 0.2) is 0 Å². The van der Waals surface area contributed by atoms with Gasteiger partial charge < -0.3 is 0 Å². The Morgan fingerprint density at radius 2 is 1.85 bits per heavy atom. The van der Waals surface area contributed by atoms with E-state index in [1.807, 2.05) is 0 Å². The molecule has 0 N–H and O–H groups in total. The van der Waals surface area contributed by atoms with Gasteiger partial charge in [0.2, 0.25) is 0 Å². The van der Waals surface area contributed by atoms with Crippen LogP contribution >= 0.6 is 17.0 Å². The van der Waals surface area contributed by atoms with Gasteiger partial charge in [-0.1, -0.05) is 0 Å². The van der Waals surface area contributed by atoms with Crippen LogP contribution in [0.2, 0.25) is 0 Å². The van der Waals surface area contributed by atoms with E-state index >= 15 is 0 Å². The molecule has 0 saturated heterocycles. The minimum absolute atomic E-state index is 0. The van der Waals surface area contributed by atoms with Gasteiger partial charge >= 0.3 is 84.8 Å². The molecule has 13 heavy (non-hydrogen) atoms. The third kappa shape index (κ3) is 3.36. The summed E-state index contributed by atoms with van der Waals surface area (Å²) in [7, 11) is 0. The van der Waals surface area contributed by atoms with Gasteiger partial charge in [0.25, 0.3) is 0 Å². The average molecular weight is 314 g/mol. The van der Waals surface area contributed by atoms with Crippen LogP contribution in [0.4, 0.5) is 0 Å². The van der Waals surface area contributed by atoms with Crippen LogP contribution in [-0.4, -0.2) is 0 Å². The molecule has 1 aromatic rings. The van der Waals surface area contributed by atoms with Crippen molar-refractivity contribution in [1.82, 2.24) is 0 Å². The van der Waals surface area contributed by atoms with E-state index in [2.05, 4.69) is 48.6 Å². The fourth-order valence-corrected chi connectivity index (χ4v) is 4.02. The summed E-state index contributed by atoms with van der Waals surface area (Å²) >= 11 is -0.414. The molecule has 0 saturated carbocycles. The van der Waals surface area contributed by atoms with Crippen LogP contribution in [-0.2, 0) is 23.2 Å². The summed E-state index contributed by atoms with van der Waals surface area (Å²) in [5, 5.41) is 0. The number of halogens is 1. The van der Waals surface area contributed by atoms with Crippen LogP contribution in [0.5, 0.6) is 0 Å². The number of hydrogen-bond acceptors (Lipinski definition) is 0. The van der Waals surface area contributed by atoms with Crippen molar-refractivity contribution in [2.24, 2.45) is 0 Å². The first-order valence-corrected chi connectivity index (χ1v) is 6.59. The molecule has 1 aromatic carbocycles. The van der Waals surface area contributed by atoms with Crippen LogP contribution < -0.4 is 3.27 Å². The van der Waals surface area contributed by atoms with Gasteiger partial charge in [0, 0.05) is 0 Å². The Hall–Kier alpha value is 0.0631. The predicted octanol–water partition coefficient (Wildman–Crippen LogP) is 2.82. The minimum atomic E-state index is -0.414. The molecule has 0 heterocycles. The van der Waals surface area contributed by atoms with Crippen molar-refractivity contribution in [1.29, 1.82) is 0 Å². The SMILES string of the molecule is Br.C1=CC[C]([Zr][c]2ccccc2)=C1. The molecule has 0 amide bonds.